The van der Waals surface area contributed by atoms with Gasteiger partial charge in [0.05, 0.1) is 16.1 Å². The van der Waals surface area contributed by atoms with Crippen LogP contribution in [0.5, 0.6) is 0 Å². The Hall–Kier alpha value is -1.23. The van der Waals surface area contributed by atoms with Crippen molar-refractivity contribution in [1.29, 1.82) is 0 Å². The van der Waals surface area contributed by atoms with Crippen LogP contribution in [0.4, 0.5) is 0 Å². The predicted octanol–water partition coefficient (Wildman–Crippen LogP) is 2.08. The molecule has 0 saturated carbocycles. The second-order valence-electron chi connectivity index (χ2n) is 3.34. The van der Waals surface area contributed by atoms with E-state index in [1.807, 2.05) is 12.4 Å². The Morgan fingerprint density at radius 1 is 1.33 bits per heavy atom. The Labute approximate surface area is 92.9 Å². The lowest BCUT2D eigenvalue weighted by Crippen LogP contribution is -2.20. The summed E-state index contributed by atoms with van der Waals surface area (Å²) in [4.78, 5) is 5.48. The summed E-state index contributed by atoms with van der Waals surface area (Å²) in [7, 11) is 0. The normalized spacial score (nSPS) is 10.5. The zero-order chi connectivity index (χ0) is 10.7. The van der Waals surface area contributed by atoms with Gasteiger partial charge in [-0.05, 0) is 18.1 Å². The van der Waals surface area contributed by atoms with Crippen molar-refractivity contribution in [2.45, 2.75) is 13.5 Å². The van der Waals surface area contributed by atoms with Gasteiger partial charge in [-0.15, -0.1) is 11.3 Å². The molecule has 0 fully saturated rings. The zero-order valence-electron chi connectivity index (χ0n) is 8.53. The van der Waals surface area contributed by atoms with Gasteiger partial charge in [0.2, 0.25) is 0 Å². The molecule has 2 rings (SSSR count). The fourth-order valence-electron chi connectivity index (χ4n) is 1.47. The average Bonchev–Trinajstić information content (AvgIpc) is 2.66. The van der Waals surface area contributed by atoms with Crippen molar-refractivity contribution in [3.05, 3.63) is 41.0 Å². The van der Waals surface area contributed by atoms with Crippen molar-refractivity contribution < 1.29 is 0 Å². The molecular weight excluding hydrogens is 206 g/mol. The summed E-state index contributed by atoms with van der Waals surface area (Å²) < 4.78 is 0. The Morgan fingerprint density at radius 3 is 2.60 bits per heavy atom. The average molecular weight is 219 g/mol. The summed E-state index contributed by atoms with van der Waals surface area (Å²) in [6.45, 7) is 2.73. The van der Waals surface area contributed by atoms with E-state index in [4.69, 9.17) is 5.84 Å². The molecule has 1 aromatic heterocycles. The van der Waals surface area contributed by atoms with Crippen LogP contribution in [0.1, 0.15) is 11.3 Å². The number of benzene rings is 1. The number of nitrogens with zero attached hydrogens (tertiary/aromatic N) is 1. The van der Waals surface area contributed by atoms with Crippen molar-refractivity contribution in [2.75, 3.05) is 0 Å². The molecule has 0 aliphatic heterocycles. The Morgan fingerprint density at radius 2 is 2.07 bits per heavy atom. The molecule has 0 bridgehead atoms. The zero-order valence-corrected chi connectivity index (χ0v) is 9.34. The van der Waals surface area contributed by atoms with Gasteiger partial charge in [0.25, 0.3) is 0 Å². The van der Waals surface area contributed by atoms with E-state index < -0.39 is 0 Å². The number of aryl methyl sites for hydroxylation is 1. The van der Waals surface area contributed by atoms with E-state index in [-0.39, 0.29) is 0 Å². The number of nitrogens with two attached hydrogens (primary N) is 1. The van der Waals surface area contributed by atoms with E-state index in [0.29, 0.717) is 6.54 Å². The first-order valence-electron chi connectivity index (χ1n) is 4.74. The second kappa shape index (κ2) is 4.53. The minimum Gasteiger partial charge on any atom is -0.271 e. The number of hydrazine groups is 1. The van der Waals surface area contributed by atoms with Crippen molar-refractivity contribution >= 4 is 11.3 Å². The standard InChI is InChI=1S/C11H13N3S/c1-8-11(15-7-13-8)10-4-2-9(3-5-10)6-14-12/h2-5,7,14H,6,12H2,1H3. The molecule has 0 radical (unpaired) electrons. The van der Waals surface area contributed by atoms with Gasteiger partial charge in [0.1, 0.15) is 0 Å². The summed E-state index contributed by atoms with van der Waals surface area (Å²) in [6, 6.07) is 8.36. The summed E-state index contributed by atoms with van der Waals surface area (Å²) in [6.07, 6.45) is 0. The van der Waals surface area contributed by atoms with Gasteiger partial charge < -0.3 is 0 Å². The second-order valence-corrected chi connectivity index (χ2v) is 4.20. The number of hydrogen-bond acceptors (Lipinski definition) is 4. The van der Waals surface area contributed by atoms with Gasteiger partial charge in [0, 0.05) is 6.54 Å². The largest absolute Gasteiger partial charge is 0.271 e. The molecule has 3 N–H and O–H groups in total. The molecule has 0 aliphatic carbocycles. The van der Waals surface area contributed by atoms with E-state index in [9.17, 15) is 0 Å². The lowest BCUT2D eigenvalue weighted by molar-refractivity contribution is 0.741. The molecule has 4 heteroatoms. The van der Waals surface area contributed by atoms with Crippen molar-refractivity contribution in [1.82, 2.24) is 10.4 Å². The fourth-order valence-corrected chi connectivity index (χ4v) is 2.28. The van der Waals surface area contributed by atoms with Crippen molar-refractivity contribution in [3.63, 3.8) is 0 Å². The number of thiazole rings is 1. The molecule has 0 atom stereocenters. The number of hydrogen-bond donors (Lipinski definition) is 2. The molecule has 0 spiro atoms. The number of aromatic nitrogens is 1. The quantitative estimate of drug-likeness (QED) is 0.614. The van der Waals surface area contributed by atoms with Gasteiger partial charge in [0.15, 0.2) is 0 Å². The van der Waals surface area contributed by atoms with Crippen LogP contribution in [-0.2, 0) is 6.54 Å². The molecule has 1 heterocycles. The van der Waals surface area contributed by atoms with Gasteiger partial charge in [-0.2, -0.15) is 0 Å². The van der Waals surface area contributed by atoms with E-state index in [2.05, 4.69) is 34.7 Å². The molecule has 78 valence electrons. The van der Waals surface area contributed by atoms with Crippen LogP contribution in [-0.4, -0.2) is 4.98 Å². The van der Waals surface area contributed by atoms with E-state index >= 15 is 0 Å². The number of rotatable bonds is 3. The molecule has 15 heavy (non-hydrogen) atoms. The SMILES string of the molecule is Cc1ncsc1-c1ccc(CNN)cc1. The highest BCUT2D eigenvalue weighted by atomic mass is 32.1. The van der Waals surface area contributed by atoms with Gasteiger partial charge in [-0.3, -0.25) is 11.3 Å². The first kappa shape index (κ1) is 10.3. The monoisotopic (exact) mass is 219 g/mol. The molecule has 3 nitrogen and oxygen atoms in total. The van der Waals surface area contributed by atoms with Gasteiger partial charge >= 0.3 is 0 Å². The highest BCUT2D eigenvalue weighted by Crippen LogP contribution is 2.26. The smallest absolute Gasteiger partial charge is 0.0801 e. The van der Waals surface area contributed by atoms with Crippen LogP contribution >= 0.6 is 11.3 Å². The third-order valence-electron chi connectivity index (χ3n) is 2.27. The predicted molar refractivity (Wildman–Crippen MR) is 63.3 cm³/mol. The topological polar surface area (TPSA) is 50.9 Å². The molecule has 0 unspecified atom stereocenters. The third kappa shape index (κ3) is 2.23. The maximum atomic E-state index is 5.26. The lowest BCUT2D eigenvalue weighted by atomic mass is 10.1. The van der Waals surface area contributed by atoms with Crippen LogP contribution in [0.2, 0.25) is 0 Å². The third-order valence-corrected chi connectivity index (χ3v) is 3.25. The summed E-state index contributed by atoms with van der Waals surface area (Å²) in [5, 5.41) is 0. The van der Waals surface area contributed by atoms with Crippen LogP contribution in [0, 0.1) is 6.92 Å². The fraction of sp³-hybridized carbons (Fsp3) is 0.182. The highest BCUT2D eigenvalue weighted by Gasteiger charge is 2.03. The maximum absolute atomic E-state index is 5.26. The number of nitrogens with one attached hydrogen (secondary N) is 1. The first-order chi connectivity index (χ1) is 7.31. The Bertz CT molecular complexity index is 433. The summed E-state index contributed by atoms with van der Waals surface area (Å²) >= 11 is 1.67. The molecule has 1 aromatic carbocycles. The highest BCUT2D eigenvalue weighted by molar-refractivity contribution is 7.13. The van der Waals surface area contributed by atoms with Gasteiger partial charge in [-0.25, -0.2) is 4.98 Å². The molecule has 0 saturated heterocycles. The lowest BCUT2D eigenvalue weighted by Gasteiger charge is -2.02. The minimum atomic E-state index is 0.696. The molecule has 0 amide bonds. The Balaban J connectivity index is 2.28. The minimum absolute atomic E-state index is 0.696. The van der Waals surface area contributed by atoms with Crippen molar-refractivity contribution in [2.24, 2.45) is 5.84 Å². The van der Waals surface area contributed by atoms with Gasteiger partial charge in [-0.1, -0.05) is 24.3 Å². The first-order valence-corrected chi connectivity index (χ1v) is 5.62. The van der Waals surface area contributed by atoms with Crippen LogP contribution in [0.15, 0.2) is 29.8 Å². The van der Waals surface area contributed by atoms with Crippen LogP contribution < -0.4 is 11.3 Å². The van der Waals surface area contributed by atoms with E-state index in [0.717, 1.165) is 5.69 Å². The van der Waals surface area contributed by atoms with Crippen LogP contribution in [0.25, 0.3) is 10.4 Å². The molecule has 2 aromatic rings. The molecule has 0 aliphatic rings. The Kier molecular flexibility index (Phi) is 3.11. The summed E-state index contributed by atoms with van der Waals surface area (Å²) in [5.74, 6) is 5.26. The van der Waals surface area contributed by atoms with E-state index in [1.54, 1.807) is 11.3 Å². The van der Waals surface area contributed by atoms with Crippen LogP contribution in [0.3, 0.4) is 0 Å². The maximum Gasteiger partial charge on any atom is 0.0801 e. The van der Waals surface area contributed by atoms with E-state index in [1.165, 1.54) is 16.0 Å². The summed E-state index contributed by atoms with van der Waals surface area (Å²) in [5.41, 5.74) is 8.00. The molecular formula is C11H13N3S. The van der Waals surface area contributed by atoms with Crippen molar-refractivity contribution in [3.8, 4) is 10.4 Å².